The highest BCUT2D eigenvalue weighted by atomic mass is 127. The number of halogens is 1. The molecule has 0 saturated carbocycles. The van der Waals surface area contributed by atoms with Crippen molar-refractivity contribution in [2.24, 2.45) is 12.0 Å². The lowest BCUT2D eigenvalue weighted by Gasteiger charge is -2.34. The van der Waals surface area contributed by atoms with Gasteiger partial charge >= 0.3 is 0 Å². The van der Waals surface area contributed by atoms with Crippen LogP contribution < -0.4 is 14.8 Å². The van der Waals surface area contributed by atoms with Gasteiger partial charge in [0, 0.05) is 50.6 Å². The molecule has 1 atom stereocenters. The lowest BCUT2D eigenvalue weighted by atomic mass is 10.1. The van der Waals surface area contributed by atoms with E-state index >= 15 is 0 Å². The number of rotatable bonds is 5. The Kier molecular flexibility index (Phi) is 8.36. The summed E-state index contributed by atoms with van der Waals surface area (Å²) in [6, 6.07) is 5.80. The first-order valence-corrected chi connectivity index (χ1v) is 8.91. The number of benzene rings is 1. The minimum atomic E-state index is -0.0125. The van der Waals surface area contributed by atoms with E-state index in [2.05, 4.69) is 20.3 Å². The Morgan fingerprint density at radius 3 is 2.82 bits per heavy atom. The molecule has 3 rings (SSSR count). The van der Waals surface area contributed by atoms with Gasteiger partial charge in [-0.1, -0.05) is 0 Å². The van der Waals surface area contributed by atoms with Crippen LogP contribution in [0.2, 0.25) is 0 Å². The van der Waals surface area contributed by atoms with Crippen LogP contribution in [0.25, 0.3) is 0 Å². The maximum absolute atomic E-state index is 5.92. The van der Waals surface area contributed by atoms with Gasteiger partial charge in [0.15, 0.2) is 5.96 Å². The van der Waals surface area contributed by atoms with Gasteiger partial charge in [0.2, 0.25) is 0 Å². The van der Waals surface area contributed by atoms with E-state index in [0.29, 0.717) is 13.2 Å². The van der Waals surface area contributed by atoms with Crippen molar-refractivity contribution < 1.29 is 14.2 Å². The Labute approximate surface area is 182 Å². The third-order valence-electron chi connectivity index (χ3n) is 4.61. The normalized spacial score (nSPS) is 17.1. The molecule has 28 heavy (non-hydrogen) atoms. The summed E-state index contributed by atoms with van der Waals surface area (Å²) in [5.41, 5.74) is 2.12. The van der Waals surface area contributed by atoms with Gasteiger partial charge < -0.3 is 24.4 Å². The SMILES string of the molecule is CN=C(NCc1ccc(OC)cc1OC)N1CCOC(c2cnn(C)c2)C1.I. The predicted molar refractivity (Wildman–Crippen MR) is 119 cm³/mol. The van der Waals surface area contributed by atoms with Gasteiger partial charge in [-0.25, -0.2) is 0 Å². The van der Waals surface area contributed by atoms with Gasteiger partial charge in [-0.05, 0) is 12.1 Å². The molecule has 2 aromatic rings. The molecule has 1 aromatic carbocycles. The monoisotopic (exact) mass is 501 g/mol. The number of ether oxygens (including phenoxy) is 3. The highest BCUT2D eigenvalue weighted by molar-refractivity contribution is 14.0. The van der Waals surface area contributed by atoms with Crippen molar-refractivity contribution >= 4 is 29.9 Å². The lowest BCUT2D eigenvalue weighted by molar-refractivity contribution is -0.00805. The van der Waals surface area contributed by atoms with Crippen LogP contribution >= 0.6 is 24.0 Å². The van der Waals surface area contributed by atoms with Crippen LogP contribution in [0.1, 0.15) is 17.2 Å². The number of hydrogen-bond acceptors (Lipinski definition) is 5. The highest BCUT2D eigenvalue weighted by Gasteiger charge is 2.25. The third-order valence-corrected chi connectivity index (χ3v) is 4.61. The molecule has 8 nitrogen and oxygen atoms in total. The molecule has 154 valence electrons. The Balaban J connectivity index is 0.00000280. The standard InChI is InChI=1S/C19H27N5O3.HI/c1-20-19(21-10-14-5-6-16(25-3)9-17(14)26-4)24-7-8-27-18(13-24)15-11-22-23(2)12-15;/h5-6,9,11-12,18H,7-8,10,13H2,1-4H3,(H,20,21);1H. The summed E-state index contributed by atoms with van der Waals surface area (Å²) in [5.74, 6) is 2.39. The minimum Gasteiger partial charge on any atom is -0.497 e. The van der Waals surface area contributed by atoms with Gasteiger partial charge in [-0.3, -0.25) is 9.67 Å². The van der Waals surface area contributed by atoms with Crippen LogP contribution in [0.15, 0.2) is 35.6 Å². The molecule has 1 saturated heterocycles. The van der Waals surface area contributed by atoms with Crippen molar-refractivity contribution in [2.45, 2.75) is 12.6 Å². The van der Waals surface area contributed by atoms with Gasteiger partial charge in [-0.15, -0.1) is 24.0 Å². The van der Waals surface area contributed by atoms with Crippen LogP contribution in [-0.4, -0.2) is 61.6 Å². The van der Waals surface area contributed by atoms with E-state index < -0.39 is 0 Å². The molecular weight excluding hydrogens is 473 g/mol. The largest absolute Gasteiger partial charge is 0.497 e. The Hall–Kier alpha value is -2.01. The summed E-state index contributed by atoms with van der Waals surface area (Å²) < 4.78 is 18.4. The second kappa shape index (κ2) is 10.5. The molecule has 9 heteroatoms. The van der Waals surface area contributed by atoms with E-state index in [1.165, 1.54) is 0 Å². The van der Waals surface area contributed by atoms with E-state index in [1.54, 1.807) is 25.9 Å². The van der Waals surface area contributed by atoms with Crippen molar-refractivity contribution in [3.63, 3.8) is 0 Å². The Morgan fingerprint density at radius 1 is 1.36 bits per heavy atom. The number of guanidine groups is 1. The zero-order valence-corrected chi connectivity index (χ0v) is 19.0. The van der Waals surface area contributed by atoms with Gasteiger partial charge in [0.25, 0.3) is 0 Å². The molecule has 0 radical (unpaired) electrons. The van der Waals surface area contributed by atoms with E-state index in [1.807, 2.05) is 37.6 Å². The van der Waals surface area contributed by atoms with E-state index in [-0.39, 0.29) is 30.1 Å². The number of hydrogen-bond donors (Lipinski definition) is 1. The zero-order chi connectivity index (χ0) is 19.2. The predicted octanol–water partition coefficient (Wildman–Crippen LogP) is 2.20. The van der Waals surface area contributed by atoms with E-state index in [4.69, 9.17) is 14.2 Å². The average molecular weight is 501 g/mol. The zero-order valence-electron chi connectivity index (χ0n) is 16.7. The summed E-state index contributed by atoms with van der Waals surface area (Å²) in [6.07, 6.45) is 3.83. The second-order valence-corrected chi connectivity index (χ2v) is 6.33. The first-order valence-electron chi connectivity index (χ1n) is 8.91. The Morgan fingerprint density at radius 2 is 2.18 bits per heavy atom. The number of aromatic nitrogens is 2. The first kappa shape index (κ1) is 22.3. The van der Waals surface area contributed by atoms with Crippen molar-refractivity contribution in [2.75, 3.05) is 41.0 Å². The molecule has 1 N–H and O–H groups in total. The van der Waals surface area contributed by atoms with Crippen molar-refractivity contribution in [1.82, 2.24) is 20.0 Å². The fourth-order valence-electron chi connectivity index (χ4n) is 3.15. The third kappa shape index (κ3) is 5.28. The summed E-state index contributed by atoms with van der Waals surface area (Å²) >= 11 is 0. The van der Waals surface area contributed by atoms with E-state index in [9.17, 15) is 0 Å². The van der Waals surface area contributed by atoms with Crippen LogP contribution in [0.5, 0.6) is 11.5 Å². The molecule has 0 bridgehead atoms. The summed E-state index contributed by atoms with van der Waals surface area (Å²) in [4.78, 5) is 6.64. The van der Waals surface area contributed by atoms with Crippen LogP contribution in [0, 0.1) is 0 Å². The fraction of sp³-hybridized carbons (Fsp3) is 0.474. The molecule has 1 fully saturated rings. The summed E-state index contributed by atoms with van der Waals surface area (Å²) in [6.45, 7) is 2.77. The maximum atomic E-state index is 5.92. The molecular formula is C19H28IN5O3. The molecule has 2 heterocycles. The van der Waals surface area contributed by atoms with E-state index in [0.717, 1.165) is 41.7 Å². The highest BCUT2D eigenvalue weighted by Crippen LogP contribution is 2.25. The molecule has 0 aliphatic carbocycles. The van der Waals surface area contributed by atoms with Crippen LogP contribution in [-0.2, 0) is 18.3 Å². The average Bonchev–Trinajstić information content (AvgIpc) is 3.15. The topological polar surface area (TPSA) is 73.1 Å². The fourth-order valence-corrected chi connectivity index (χ4v) is 3.15. The number of methoxy groups -OCH3 is 2. The van der Waals surface area contributed by atoms with Crippen molar-refractivity contribution in [3.05, 3.63) is 41.7 Å². The molecule has 1 aromatic heterocycles. The van der Waals surface area contributed by atoms with Gasteiger partial charge in [-0.2, -0.15) is 5.10 Å². The molecule has 0 amide bonds. The van der Waals surface area contributed by atoms with Gasteiger partial charge in [0.1, 0.15) is 17.6 Å². The smallest absolute Gasteiger partial charge is 0.194 e. The summed E-state index contributed by atoms with van der Waals surface area (Å²) in [7, 11) is 7.01. The maximum Gasteiger partial charge on any atom is 0.194 e. The quantitative estimate of drug-likeness (QED) is 0.385. The van der Waals surface area contributed by atoms with Crippen LogP contribution in [0.3, 0.4) is 0 Å². The number of nitrogens with one attached hydrogen (secondary N) is 1. The van der Waals surface area contributed by atoms with Crippen LogP contribution in [0.4, 0.5) is 0 Å². The number of aliphatic imine (C=N–C) groups is 1. The summed E-state index contributed by atoms with van der Waals surface area (Å²) in [5, 5.41) is 7.66. The lowest BCUT2D eigenvalue weighted by Crippen LogP contribution is -2.47. The molecule has 1 aliphatic rings. The van der Waals surface area contributed by atoms with Gasteiger partial charge in [0.05, 0.1) is 33.6 Å². The van der Waals surface area contributed by atoms with Crippen molar-refractivity contribution in [1.29, 1.82) is 0 Å². The first-order chi connectivity index (χ1) is 13.1. The minimum absolute atomic E-state index is 0. The van der Waals surface area contributed by atoms with Crippen molar-refractivity contribution in [3.8, 4) is 11.5 Å². The number of aryl methyl sites for hydroxylation is 1. The number of morpholine rings is 1. The molecule has 0 spiro atoms. The molecule has 1 aliphatic heterocycles. The number of nitrogens with zero attached hydrogens (tertiary/aromatic N) is 4. The Bertz CT molecular complexity index is 796. The second-order valence-electron chi connectivity index (χ2n) is 6.33. The molecule has 1 unspecified atom stereocenters.